The van der Waals surface area contributed by atoms with Gasteiger partial charge in [0, 0.05) is 22.7 Å². The third-order valence-electron chi connectivity index (χ3n) is 4.79. The van der Waals surface area contributed by atoms with Crippen LogP contribution in [0, 0.1) is 0 Å². The minimum absolute atomic E-state index is 0.139. The Labute approximate surface area is 175 Å². The molecule has 30 heavy (non-hydrogen) atoms. The van der Waals surface area contributed by atoms with E-state index in [1.165, 1.54) is 22.2 Å². The lowest BCUT2D eigenvalue weighted by Crippen LogP contribution is -2.27. The Bertz CT molecular complexity index is 1300. The summed E-state index contributed by atoms with van der Waals surface area (Å²) in [4.78, 5) is 30.7. The van der Waals surface area contributed by atoms with Crippen molar-refractivity contribution in [3.8, 4) is 22.6 Å². The van der Waals surface area contributed by atoms with E-state index < -0.39 is 0 Å². The molecular weight excluding hydrogens is 402 g/mol. The van der Waals surface area contributed by atoms with Gasteiger partial charge in [-0.3, -0.25) is 14.2 Å². The zero-order valence-electron chi connectivity index (χ0n) is 15.8. The van der Waals surface area contributed by atoms with E-state index in [1.54, 1.807) is 18.2 Å². The van der Waals surface area contributed by atoms with Crippen LogP contribution in [0.1, 0.15) is 0 Å². The van der Waals surface area contributed by atoms with Gasteiger partial charge in [-0.25, -0.2) is 4.98 Å². The summed E-state index contributed by atoms with van der Waals surface area (Å²) >= 11 is 1.42. The standard InChI is InChI=1S/C22H17N3O4S/c26-19(24-15-6-7-17-18(10-15)29-9-8-28-17)11-25-13-23-21-20(22(25)27)16(12-30-21)14-4-2-1-3-5-14/h1-7,10,12-13H,8-9,11H2,(H,24,26). The number of amides is 1. The molecule has 150 valence electrons. The number of carbonyl (C=O) groups is 1. The Balaban J connectivity index is 1.41. The van der Waals surface area contributed by atoms with Gasteiger partial charge in [0.25, 0.3) is 5.56 Å². The Morgan fingerprint density at radius 3 is 2.73 bits per heavy atom. The first kappa shape index (κ1) is 18.4. The van der Waals surface area contributed by atoms with Crippen LogP contribution in [0.3, 0.4) is 0 Å². The van der Waals surface area contributed by atoms with Gasteiger partial charge in [0.15, 0.2) is 11.5 Å². The molecule has 0 saturated heterocycles. The van der Waals surface area contributed by atoms with Crippen LogP contribution in [-0.2, 0) is 11.3 Å². The third kappa shape index (κ3) is 3.42. The predicted octanol–water partition coefficient (Wildman–Crippen LogP) is 3.53. The zero-order valence-corrected chi connectivity index (χ0v) is 16.6. The van der Waals surface area contributed by atoms with Crippen molar-refractivity contribution in [2.45, 2.75) is 6.54 Å². The van der Waals surface area contributed by atoms with Crippen molar-refractivity contribution in [3.05, 3.63) is 70.6 Å². The van der Waals surface area contributed by atoms with Gasteiger partial charge in [-0.2, -0.15) is 0 Å². The molecule has 7 nitrogen and oxygen atoms in total. The first-order valence-corrected chi connectivity index (χ1v) is 10.3. The molecule has 1 aliphatic heterocycles. The number of fused-ring (bicyclic) bond motifs is 2. The summed E-state index contributed by atoms with van der Waals surface area (Å²) in [5.41, 5.74) is 2.11. The number of hydrogen-bond acceptors (Lipinski definition) is 6. The molecule has 5 rings (SSSR count). The molecule has 1 amide bonds. The number of thiophene rings is 1. The number of nitrogens with zero attached hydrogens (tertiary/aromatic N) is 2. The molecule has 0 bridgehead atoms. The lowest BCUT2D eigenvalue weighted by Gasteiger charge is -2.19. The van der Waals surface area contributed by atoms with E-state index in [9.17, 15) is 9.59 Å². The SMILES string of the molecule is O=C(Cn1cnc2scc(-c3ccccc3)c2c1=O)Nc1ccc2c(c1)OCCO2. The van der Waals surface area contributed by atoms with E-state index in [2.05, 4.69) is 10.3 Å². The molecular formula is C22H17N3O4S. The van der Waals surface area contributed by atoms with Gasteiger partial charge >= 0.3 is 0 Å². The number of rotatable bonds is 4. The number of ether oxygens (including phenoxy) is 2. The van der Waals surface area contributed by atoms with Crippen LogP contribution in [0.25, 0.3) is 21.3 Å². The van der Waals surface area contributed by atoms with Gasteiger partial charge in [0.05, 0.1) is 11.7 Å². The van der Waals surface area contributed by atoms with Crippen molar-refractivity contribution in [2.75, 3.05) is 18.5 Å². The van der Waals surface area contributed by atoms with E-state index >= 15 is 0 Å². The monoisotopic (exact) mass is 419 g/mol. The van der Waals surface area contributed by atoms with Gasteiger partial charge in [-0.15, -0.1) is 11.3 Å². The molecule has 0 unspecified atom stereocenters. The normalized spacial score (nSPS) is 12.7. The fraction of sp³-hybridized carbons (Fsp3) is 0.136. The van der Waals surface area contributed by atoms with Crippen molar-refractivity contribution < 1.29 is 14.3 Å². The lowest BCUT2D eigenvalue weighted by atomic mass is 10.1. The number of benzene rings is 2. The van der Waals surface area contributed by atoms with E-state index in [4.69, 9.17) is 9.47 Å². The predicted molar refractivity (Wildman–Crippen MR) is 115 cm³/mol. The third-order valence-corrected chi connectivity index (χ3v) is 5.67. The first-order chi connectivity index (χ1) is 14.7. The molecule has 1 aliphatic rings. The maximum Gasteiger partial charge on any atom is 0.263 e. The zero-order chi connectivity index (χ0) is 20.5. The summed E-state index contributed by atoms with van der Waals surface area (Å²) in [5.74, 6) is 0.910. The minimum atomic E-state index is -0.327. The highest BCUT2D eigenvalue weighted by atomic mass is 32.1. The molecule has 2 aromatic carbocycles. The van der Waals surface area contributed by atoms with Crippen LogP contribution < -0.4 is 20.3 Å². The maximum atomic E-state index is 13.1. The number of anilines is 1. The summed E-state index contributed by atoms with van der Waals surface area (Å²) in [6.45, 7) is 0.834. The second-order valence-corrected chi connectivity index (χ2v) is 7.64. The van der Waals surface area contributed by atoms with Gasteiger partial charge in [0.2, 0.25) is 5.91 Å². The molecule has 4 aromatic rings. The molecule has 0 radical (unpaired) electrons. The average Bonchev–Trinajstić information content (AvgIpc) is 3.21. The molecule has 0 aliphatic carbocycles. The van der Waals surface area contributed by atoms with E-state index in [1.807, 2.05) is 35.7 Å². The van der Waals surface area contributed by atoms with Crippen molar-refractivity contribution in [3.63, 3.8) is 0 Å². The van der Waals surface area contributed by atoms with Crippen LogP contribution in [-0.4, -0.2) is 28.7 Å². The van der Waals surface area contributed by atoms with Crippen molar-refractivity contribution >= 4 is 33.1 Å². The quantitative estimate of drug-likeness (QED) is 0.547. The molecule has 0 fully saturated rings. The Kier molecular flexibility index (Phi) is 4.68. The molecule has 2 aromatic heterocycles. The minimum Gasteiger partial charge on any atom is -0.486 e. The topological polar surface area (TPSA) is 82.5 Å². The average molecular weight is 419 g/mol. The number of nitrogens with one attached hydrogen (secondary N) is 1. The lowest BCUT2D eigenvalue weighted by molar-refractivity contribution is -0.116. The summed E-state index contributed by atoms with van der Waals surface area (Å²) in [6, 6.07) is 14.9. The van der Waals surface area contributed by atoms with Gasteiger partial charge in [-0.05, 0) is 17.7 Å². The Morgan fingerprint density at radius 2 is 1.90 bits per heavy atom. The molecule has 8 heteroatoms. The Morgan fingerprint density at radius 1 is 1.10 bits per heavy atom. The van der Waals surface area contributed by atoms with Crippen LogP contribution in [0.2, 0.25) is 0 Å². The van der Waals surface area contributed by atoms with Crippen molar-refractivity contribution in [1.82, 2.24) is 9.55 Å². The molecule has 0 saturated carbocycles. The smallest absolute Gasteiger partial charge is 0.263 e. The second-order valence-electron chi connectivity index (χ2n) is 6.78. The fourth-order valence-electron chi connectivity index (χ4n) is 3.39. The highest BCUT2D eigenvalue weighted by Crippen LogP contribution is 2.33. The van der Waals surface area contributed by atoms with E-state index in [-0.39, 0.29) is 18.0 Å². The van der Waals surface area contributed by atoms with Gasteiger partial charge in [0.1, 0.15) is 24.6 Å². The number of carbonyl (C=O) groups excluding carboxylic acids is 1. The maximum absolute atomic E-state index is 13.1. The van der Waals surface area contributed by atoms with Crippen LogP contribution in [0.5, 0.6) is 11.5 Å². The molecule has 3 heterocycles. The van der Waals surface area contributed by atoms with Gasteiger partial charge in [-0.1, -0.05) is 30.3 Å². The summed E-state index contributed by atoms with van der Waals surface area (Å²) in [5, 5.41) is 5.25. The van der Waals surface area contributed by atoms with Gasteiger partial charge < -0.3 is 14.8 Å². The largest absolute Gasteiger partial charge is 0.486 e. The highest BCUT2D eigenvalue weighted by molar-refractivity contribution is 7.17. The molecule has 0 atom stereocenters. The Hall–Kier alpha value is -3.65. The highest BCUT2D eigenvalue weighted by Gasteiger charge is 2.16. The fourth-order valence-corrected chi connectivity index (χ4v) is 4.29. The summed E-state index contributed by atoms with van der Waals surface area (Å²) < 4.78 is 12.4. The number of hydrogen-bond donors (Lipinski definition) is 1. The van der Waals surface area contributed by atoms with E-state index in [0.29, 0.717) is 40.6 Å². The molecule has 0 spiro atoms. The van der Waals surface area contributed by atoms with Crippen molar-refractivity contribution in [2.24, 2.45) is 0 Å². The molecule has 1 N–H and O–H groups in total. The second kappa shape index (κ2) is 7.64. The summed E-state index contributed by atoms with van der Waals surface area (Å²) in [6.07, 6.45) is 1.42. The number of aromatic nitrogens is 2. The van der Waals surface area contributed by atoms with E-state index in [0.717, 1.165) is 11.1 Å². The van der Waals surface area contributed by atoms with Crippen LogP contribution in [0.4, 0.5) is 5.69 Å². The van der Waals surface area contributed by atoms with Crippen LogP contribution >= 0.6 is 11.3 Å². The summed E-state index contributed by atoms with van der Waals surface area (Å²) in [7, 11) is 0. The van der Waals surface area contributed by atoms with Crippen molar-refractivity contribution in [1.29, 1.82) is 0 Å². The first-order valence-electron chi connectivity index (χ1n) is 9.40. The van der Waals surface area contributed by atoms with Crippen LogP contribution in [0.15, 0.2) is 65.0 Å².